The van der Waals surface area contributed by atoms with E-state index in [9.17, 15) is 21.6 Å². The van der Waals surface area contributed by atoms with Crippen molar-refractivity contribution in [3.8, 4) is 0 Å². The van der Waals surface area contributed by atoms with Crippen molar-refractivity contribution < 1.29 is 21.6 Å². The third kappa shape index (κ3) is 4.88. The van der Waals surface area contributed by atoms with Gasteiger partial charge in [-0.1, -0.05) is 0 Å². The summed E-state index contributed by atoms with van der Waals surface area (Å²) in [5.74, 6) is 0.0215. The van der Waals surface area contributed by atoms with Gasteiger partial charge in [-0.05, 0) is 12.5 Å². The zero-order chi connectivity index (χ0) is 13.8. The standard InChI is InChI=1S/C9H12F3N3O2S/c10-9(11,12)3-1-4-15-18(16,17)7-2-5-14-8(13)6-7/h2,5-6,15H,1,3-4H2,(H2,13,14). The maximum Gasteiger partial charge on any atom is 0.389 e. The van der Waals surface area contributed by atoms with Gasteiger partial charge in [-0.3, -0.25) is 0 Å². The van der Waals surface area contributed by atoms with E-state index in [4.69, 9.17) is 5.73 Å². The summed E-state index contributed by atoms with van der Waals surface area (Å²) in [5.41, 5.74) is 5.32. The molecule has 1 aromatic rings. The molecule has 0 unspecified atom stereocenters. The zero-order valence-corrected chi connectivity index (χ0v) is 10.1. The molecule has 0 aromatic carbocycles. The second-order valence-electron chi connectivity index (χ2n) is 3.53. The minimum atomic E-state index is -4.29. The van der Waals surface area contributed by atoms with Crippen LogP contribution in [0.15, 0.2) is 23.2 Å². The Labute approximate surface area is 102 Å². The van der Waals surface area contributed by atoms with Crippen molar-refractivity contribution in [3.05, 3.63) is 18.3 Å². The van der Waals surface area contributed by atoms with Gasteiger partial charge in [0, 0.05) is 25.2 Å². The van der Waals surface area contributed by atoms with Gasteiger partial charge in [-0.15, -0.1) is 0 Å². The molecule has 1 aromatic heterocycles. The highest BCUT2D eigenvalue weighted by atomic mass is 32.2. The topological polar surface area (TPSA) is 85.1 Å². The monoisotopic (exact) mass is 283 g/mol. The molecule has 5 nitrogen and oxygen atoms in total. The quantitative estimate of drug-likeness (QED) is 0.797. The van der Waals surface area contributed by atoms with E-state index >= 15 is 0 Å². The van der Waals surface area contributed by atoms with Crippen LogP contribution in [0.3, 0.4) is 0 Å². The van der Waals surface area contributed by atoms with E-state index in [-0.39, 0.29) is 23.7 Å². The van der Waals surface area contributed by atoms with Crippen LogP contribution in [-0.4, -0.2) is 26.1 Å². The SMILES string of the molecule is Nc1cc(S(=O)(=O)NCCCC(F)(F)F)ccn1. The summed E-state index contributed by atoms with van der Waals surface area (Å²) < 4.78 is 60.9. The second-order valence-corrected chi connectivity index (χ2v) is 5.30. The number of nitrogens with two attached hydrogens (primary N) is 1. The van der Waals surface area contributed by atoms with Gasteiger partial charge >= 0.3 is 6.18 Å². The molecule has 0 aliphatic heterocycles. The van der Waals surface area contributed by atoms with Gasteiger partial charge in [0.15, 0.2) is 0 Å². The van der Waals surface area contributed by atoms with Crippen molar-refractivity contribution in [1.82, 2.24) is 9.71 Å². The molecule has 102 valence electrons. The first kappa shape index (κ1) is 14.7. The number of aromatic nitrogens is 1. The average molecular weight is 283 g/mol. The summed E-state index contributed by atoms with van der Waals surface area (Å²) in [4.78, 5) is 3.50. The maximum absolute atomic E-state index is 11.8. The fourth-order valence-corrected chi connectivity index (χ4v) is 2.27. The van der Waals surface area contributed by atoms with E-state index in [1.807, 2.05) is 0 Å². The van der Waals surface area contributed by atoms with Crippen LogP contribution in [0.4, 0.5) is 19.0 Å². The molecule has 0 aliphatic carbocycles. The highest BCUT2D eigenvalue weighted by Crippen LogP contribution is 2.21. The summed E-state index contributed by atoms with van der Waals surface area (Å²) in [6, 6.07) is 2.34. The molecule has 0 atom stereocenters. The molecule has 0 saturated heterocycles. The smallest absolute Gasteiger partial charge is 0.384 e. The minimum absolute atomic E-state index is 0.0215. The van der Waals surface area contributed by atoms with E-state index in [1.165, 1.54) is 12.3 Å². The Hall–Kier alpha value is -1.35. The summed E-state index contributed by atoms with van der Waals surface area (Å²) in [6.45, 7) is -0.288. The summed E-state index contributed by atoms with van der Waals surface area (Å²) in [5, 5.41) is 0. The number of alkyl halides is 3. The van der Waals surface area contributed by atoms with E-state index in [0.29, 0.717) is 0 Å². The van der Waals surface area contributed by atoms with Gasteiger partial charge in [0.05, 0.1) is 4.90 Å². The van der Waals surface area contributed by atoms with Gasteiger partial charge in [0.25, 0.3) is 0 Å². The van der Waals surface area contributed by atoms with Crippen molar-refractivity contribution in [3.63, 3.8) is 0 Å². The number of nitrogen functional groups attached to an aromatic ring is 1. The molecule has 0 spiro atoms. The van der Waals surface area contributed by atoms with Crippen LogP contribution in [0.1, 0.15) is 12.8 Å². The fraction of sp³-hybridized carbons (Fsp3) is 0.444. The molecule has 9 heteroatoms. The first-order valence-electron chi connectivity index (χ1n) is 4.99. The van der Waals surface area contributed by atoms with Crippen LogP contribution in [0.5, 0.6) is 0 Å². The molecular formula is C9H12F3N3O2S. The van der Waals surface area contributed by atoms with Gasteiger partial charge in [-0.2, -0.15) is 13.2 Å². The number of nitrogens with zero attached hydrogens (tertiary/aromatic N) is 1. The Kier molecular flexibility index (Phi) is 4.52. The number of pyridine rings is 1. The molecule has 0 fully saturated rings. The third-order valence-corrected chi connectivity index (χ3v) is 3.45. The number of hydrogen-bond donors (Lipinski definition) is 2. The zero-order valence-electron chi connectivity index (χ0n) is 9.24. The normalized spacial score (nSPS) is 12.6. The number of nitrogens with one attached hydrogen (secondary N) is 1. The molecular weight excluding hydrogens is 271 g/mol. The lowest BCUT2D eigenvalue weighted by Crippen LogP contribution is -2.26. The molecule has 18 heavy (non-hydrogen) atoms. The van der Waals surface area contributed by atoms with Crippen molar-refractivity contribution >= 4 is 15.8 Å². The molecule has 1 rings (SSSR count). The van der Waals surface area contributed by atoms with Gasteiger partial charge in [0.1, 0.15) is 5.82 Å². The highest BCUT2D eigenvalue weighted by Gasteiger charge is 2.26. The molecule has 0 radical (unpaired) electrons. The maximum atomic E-state index is 11.8. The lowest BCUT2D eigenvalue weighted by atomic mass is 10.3. The van der Waals surface area contributed by atoms with Crippen LogP contribution >= 0.6 is 0 Å². The van der Waals surface area contributed by atoms with Crippen LogP contribution < -0.4 is 10.5 Å². The Morgan fingerprint density at radius 3 is 2.61 bits per heavy atom. The van der Waals surface area contributed by atoms with Crippen molar-refractivity contribution in [2.24, 2.45) is 0 Å². The summed E-state index contributed by atoms with van der Waals surface area (Å²) in [6.07, 6.45) is -4.43. The lowest BCUT2D eigenvalue weighted by Gasteiger charge is -2.08. The molecule has 0 amide bonds. The van der Waals surface area contributed by atoms with E-state index in [1.54, 1.807) is 0 Å². The predicted molar refractivity (Wildman–Crippen MR) is 59.1 cm³/mol. The molecule has 0 saturated carbocycles. The first-order valence-corrected chi connectivity index (χ1v) is 6.47. The van der Waals surface area contributed by atoms with Crippen LogP contribution in [0, 0.1) is 0 Å². The third-order valence-electron chi connectivity index (χ3n) is 1.99. The molecule has 1 heterocycles. The highest BCUT2D eigenvalue weighted by molar-refractivity contribution is 7.89. The number of anilines is 1. The number of halogens is 3. The first-order chi connectivity index (χ1) is 8.21. The summed E-state index contributed by atoms with van der Waals surface area (Å²) in [7, 11) is -3.84. The largest absolute Gasteiger partial charge is 0.389 e. The Balaban J connectivity index is 2.56. The van der Waals surface area contributed by atoms with Crippen LogP contribution in [-0.2, 0) is 10.0 Å². The molecule has 3 N–H and O–H groups in total. The van der Waals surface area contributed by atoms with Crippen LogP contribution in [0.25, 0.3) is 0 Å². The Morgan fingerprint density at radius 1 is 1.39 bits per heavy atom. The second kappa shape index (κ2) is 5.53. The van der Waals surface area contributed by atoms with E-state index in [2.05, 4.69) is 9.71 Å². The number of hydrogen-bond acceptors (Lipinski definition) is 4. The van der Waals surface area contributed by atoms with E-state index in [0.717, 1.165) is 6.07 Å². The lowest BCUT2D eigenvalue weighted by molar-refractivity contribution is -0.135. The molecule has 0 bridgehead atoms. The number of sulfonamides is 1. The van der Waals surface area contributed by atoms with Gasteiger partial charge in [0.2, 0.25) is 10.0 Å². The molecule has 0 aliphatic rings. The fourth-order valence-electron chi connectivity index (χ4n) is 1.17. The van der Waals surface area contributed by atoms with Crippen molar-refractivity contribution in [1.29, 1.82) is 0 Å². The Morgan fingerprint density at radius 2 is 2.06 bits per heavy atom. The minimum Gasteiger partial charge on any atom is -0.384 e. The van der Waals surface area contributed by atoms with Crippen molar-refractivity contribution in [2.75, 3.05) is 12.3 Å². The average Bonchev–Trinajstić information content (AvgIpc) is 2.23. The van der Waals surface area contributed by atoms with Gasteiger partial charge < -0.3 is 5.73 Å². The van der Waals surface area contributed by atoms with Crippen LogP contribution in [0.2, 0.25) is 0 Å². The van der Waals surface area contributed by atoms with E-state index < -0.39 is 22.6 Å². The predicted octanol–water partition coefficient (Wildman–Crippen LogP) is 1.28. The number of rotatable bonds is 5. The Bertz CT molecular complexity index is 502. The van der Waals surface area contributed by atoms with Crippen molar-refractivity contribution in [2.45, 2.75) is 23.9 Å². The summed E-state index contributed by atoms with van der Waals surface area (Å²) >= 11 is 0. The van der Waals surface area contributed by atoms with Gasteiger partial charge in [-0.25, -0.2) is 18.1 Å².